The Morgan fingerprint density at radius 3 is 1.96 bits per heavy atom. The number of benzene rings is 4. The molecule has 0 radical (unpaired) electrons. The van der Waals surface area contributed by atoms with Crippen LogP contribution in [0.1, 0.15) is 73.2 Å². The fourth-order valence-corrected chi connectivity index (χ4v) is 7.32. The highest BCUT2D eigenvalue weighted by atomic mass is 16.2. The Labute approximate surface area is 272 Å². The first-order valence-corrected chi connectivity index (χ1v) is 16.8. The molecular formula is C41H41N3O2. The molecule has 1 unspecified atom stereocenters. The summed E-state index contributed by atoms with van der Waals surface area (Å²) < 4.78 is 0. The molecule has 0 spiro atoms. The molecule has 0 aromatic heterocycles. The highest BCUT2D eigenvalue weighted by Gasteiger charge is 2.42. The van der Waals surface area contributed by atoms with Crippen LogP contribution in [0, 0.1) is 0 Å². The summed E-state index contributed by atoms with van der Waals surface area (Å²) in [6.07, 6.45) is 9.90. The van der Waals surface area contributed by atoms with Crippen LogP contribution in [-0.4, -0.2) is 35.8 Å². The van der Waals surface area contributed by atoms with Gasteiger partial charge in [-0.2, -0.15) is 0 Å². The van der Waals surface area contributed by atoms with Gasteiger partial charge in [0.15, 0.2) is 0 Å². The highest BCUT2D eigenvalue weighted by molar-refractivity contribution is 6.39. The summed E-state index contributed by atoms with van der Waals surface area (Å²) in [6, 6.07) is 37.7. The number of anilines is 1. The topological polar surface area (TPSA) is 52.7 Å². The van der Waals surface area contributed by atoms with Crippen molar-refractivity contribution < 1.29 is 9.59 Å². The van der Waals surface area contributed by atoms with Gasteiger partial charge in [-0.15, -0.1) is 0 Å². The molecule has 7 rings (SSSR count). The second kappa shape index (κ2) is 13.6. The van der Waals surface area contributed by atoms with Crippen molar-refractivity contribution in [2.24, 2.45) is 0 Å². The first-order chi connectivity index (χ1) is 22.7. The lowest BCUT2D eigenvalue weighted by Gasteiger charge is -2.31. The van der Waals surface area contributed by atoms with Gasteiger partial charge in [0, 0.05) is 30.4 Å². The van der Waals surface area contributed by atoms with E-state index in [0.717, 1.165) is 90.8 Å². The maximum Gasteiger partial charge on any atom is 0.260 e. The molecular weight excluding hydrogens is 566 g/mol. The third kappa shape index (κ3) is 6.02. The number of para-hydroxylation sites is 1. The average molecular weight is 608 g/mol. The van der Waals surface area contributed by atoms with Crippen molar-refractivity contribution in [3.8, 4) is 0 Å². The zero-order chi connectivity index (χ0) is 31.3. The van der Waals surface area contributed by atoms with E-state index in [9.17, 15) is 4.79 Å². The van der Waals surface area contributed by atoms with E-state index in [0.29, 0.717) is 5.57 Å². The van der Waals surface area contributed by atoms with E-state index in [1.807, 2.05) is 78.9 Å². The van der Waals surface area contributed by atoms with Crippen LogP contribution in [-0.2, 0) is 9.59 Å². The van der Waals surface area contributed by atoms with Gasteiger partial charge in [0.2, 0.25) is 5.91 Å². The Kier molecular flexibility index (Phi) is 8.82. The zero-order valence-corrected chi connectivity index (χ0v) is 26.3. The van der Waals surface area contributed by atoms with Gasteiger partial charge in [-0.1, -0.05) is 128 Å². The normalized spacial score (nSPS) is 18.8. The molecule has 2 heterocycles. The van der Waals surface area contributed by atoms with E-state index < -0.39 is 6.04 Å². The Morgan fingerprint density at radius 2 is 1.28 bits per heavy atom. The van der Waals surface area contributed by atoms with Crippen LogP contribution < -0.4 is 10.2 Å². The second-order valence-corrected chi connectivity index (χ2v) is 12.6. The van der Waals surface area contributed by atoms with Gasteiger partial charge < -0.3 is 10.2 Å². The summed E-state index contributed by atoms with van der Waals surface area (Å²) in [6.45, 7) is 1.96. The molecule has 2 aliphatic heterocycles. The van der Waals surface area contributed by atoms with Crippen LogP contribution in [0.5, 0.6) is 0 Å². The Hall–Kier alpha value is -4.90. The monoisotopic (exact) mass is 607 g/mol. The Bertz CT molecular complexity index is 1730. The number of nitrogens with one attached hydrogen (secondary N) is 1. The smallest absolute Gasteiger partial charge is 0.260 e. The number of amides is 2. The van der Waals surface area contributed by atoms with Crippen LogP contribution in [0.15, 0.2) is 121 Å². The van der Waals surface area contributed by atoms with Gasteiger partial charge in [-0.05, 0) is 60.1 Å². The predicted octanol–water partition coefficient (Wildman–Crippen LogP) is 8.27. The van der Waals surface area contributed by atoms with Gasteiger partial charge >= 0.3 is 0 Å². The summed E-state index contributed by atoms with van der Waals surface area (Å²) in [4.78, 5) is 33.6. The summed E-state index contributed by atoms with van der Waals surface area (Å²) in [5.74, 6) is -0.279. The lowest BCUT2D eigenvalue weighted by molar-refractivity contribution is -0.125. The number of fused-ring (bicyclic) bond motifs is 1. The van der Waals surface area contributed by atoms with Gasteiger partial charge in [-0.25, -0.2) is 0 Å². The third-order valence-corrected chi connectivity index (χ3v) is 9.59. The zero-order valence-electron chi connectivity index (χ0n) is 26.3. The van der Waals surface area contributed by atoms with E-state index in [1.165, 1.54) is 6.42 Å². The molecule has 1 aliphatic carbocycles. The first-order valence-electron chi connectivity index (χ1n) is 16.8. The molecule has 1 saturated carbocycles. The lowest BCUT2D eigenvalue weighted by Crippen LogP contribution is -2.46. The first kappa shape index (κ1) is 29.8. The molecule has 2 amide bonds. The van der Waals surface area contributed by atoms with E-state index in [-0.39, 0.29) is 17.9 Å². The van der Waals surface area contributed by atoms with Crippen molar-refractivity contribution in [2.45, 2.75) is 57.0 Å². The molecule has 1 atom stereocenters. The number of carbonyl (C=O) groups excluding carboxylic acids is 2. The molecule has 4 aromatic rings. The molecule has 1 N–H and O–H groups in total. The summed E-state index contributed by atoms with van der Waals surface area (Å²) in [5, 5.41) is 3.34. The highest BCUT2D eigenvalue weighted by Crippen LogP contribution is 2.46. The van der Waals surface area contributed by atoms with Crippen molar-refractivity contribution >= 4 is 34.3 Å². The number of nitrogens with zero attached hydrogens (tertiary/aromatic N) is 2. The van der Waals surface area contributed by atoms with Crippen molar-refractivity contribution in [2.75, 3.05) is 18.0 Å². The number of rotatable bonds is 8. The molecule has 46 heavy (non-hydrogen) atoms. The van der Waals surface area contributed by atoms with E-state index in [1.54, 1.807) is 4.90 Å². The third-order valence-electron chi connectivity index (χ3n) is 9.59. The van der Waals surface area contributed by atoms with Crippen molar-refractivity contribution in [1.82, 2.24) is 10.2 Å². The quantitative estimate of drug-likeness (QED) is 0.205. The molecule has 4 aromatic carbocycles. The molecule has 5 nitrogen and oxygen atoms in total. The van der Waals surface area contributed by atoms with Gasteiger partial charge in [0.1, 0.15) is 6.04 Å². The van der Waals surface area contributed by atoms with Gasteiger partial charge in [-0.3, -0.25) is 14.5 Å². The minimum absolute atomic E-state index is 0.124. The summed E-state index contributed by atoms with van der Waals surface area (Å²) in [7, 11) is 0. The van der Waals surface area contributed by atoms with Crippen LogP contribution in [0.3, 0.4) is 0 Å². The van der Waals surface area contributed by atoms with E-state index in [4.69, 9.17) is 0 Å². The van der Waals surface area contributed by atoms with Gasteiger partial charge in [0.05, 0.1) is 11.3 Å². The van der Waals surface area contributed by atoms with Gasteiger partial charge in [0.25, 0.3) is 5.91 Å². The Morgan fingerprint density at radius 1 is 0.696 bits per heavy atom. The minimum Gasteiger partial charge on any atom is -0.371 e. The largest absolute Gasteiger partial charge is 0.371 e. The molecule has 3 aliphatic rings. The van der Waals surface area contributed by atoms with E-state index in [2.05, 4.69) is 52.7 Å². The summed E-state index contributed by atoms with van der Waals surface area (Å²) >= 11 is 0. The van der Waals surface area contributed by atoms with Crippen LogP contribution in [0.4, 0.5) is 5.69 Å². The van der Waals surface area contributed by atoms with E-state index >= 15 is 4.79 Å². The number of hydrogen-bond acceptors (Lipinski definition) is 3. The molecule has 2 fully saturated rings. The maximum absolute atomic E-state index is 15.1. The molecule has 5 heteroatoms. The van der Waals surface area contributed by atoms with Crippen LogP contribution in [0.25, 0.3) is 16.8 Å². The molecule has 232 valence electrons. The maximum atomic E-state index is 15.1. The Balaban J connectivity index is 1.41. The lowest BCUT2D eigenvalue weighted by atomic mass is 9.93. The molecule has 1 saturated heterocycles. The average Bonchev–Trinajstić information content (AvgIpc) is 3.74. The number of carbonyl (C=O) groups is 2. The SMILES string of the molecule is O=C(NC1CCCCC1)C(c1ccccc1)N1C(=O)/C(=C(\C=C(/c2ccccc2)N2CCCC2)c2ccccc2)c2ccccc21. The molecule has 0 bridgehead atoms. The summed E-state index contributed by atoms with van der Waals surface area (Å²) in [5.41, 5.74) is 7.12. The predicted molar refractivity (Wildman–Crippen MR) is 187 cm³/mol. The van der Waals surface area contributed by atoms with Crippen molar-refractivity contribution in [3.05, 3.63) is 144 Å². The fourth-order valence-electron chi connectivity index (χ4n) is 7.32. The minimum atomic E-state index is -0.789. The van der Waals surface area contributed by atoms with Crippen molar-refractivity contribution in [3.63, 3.8) is 0 Å². The standard InChI is InChI=1S/C41H41N3O2/c45-40(42-33-23-11-4-12-24-33)39(32-21-9-3-10-22-32)44-36-26-14-13-25-34(36)38(41(44)46)35(30-17-5-1-6-18-30)29-37(43-27-15-16-28-43)31-19-7-2-8-20-31/h1-3,5-10,13-14,17-22,25-26,29,33,39H,4,11-12,15-16,23-24,27-28H2,(H,42,45)/b37-29+,38-35+. The fraction of sp³-hybridized carbons (Fsp3) is 0.268. The van der Waals surface area contributed by atoms with Crippen LogP contribution in [0.2, 0.25) is 0 Å². The van der Waals surface area contributed by atoms with Crippen molar-refractivity contribution in [1.29, 1.82) is 0 Å². The second-order valence-electron chi connectivity index (χ2n) is 12.6. The number of allylic oxidation sites excluding steroid dienone is 2. The van der Waals surface area contributed by atoms with Crippen LogP contribution >= 0.6 is 0 Å². The number of likely N-dealkylation sites (tertiary alicyclic amines) is 1. The number of hydrogen-bond donors (Lipinski definition) is 1.